The Morgan fingerprint density at radius 2 is 1.39 bits per heavy atom. The van der Waals surface area contributed by atoms with Gasteiger partial charge in [0.15, 0.2) is 0 Å². The van der Waals surface area contributed by atoms with Gasteiger partial charge in [0.05, 0.1) is 27.8 Å². The molecule has 5 aromatic carbocycles. The third kappa shape index (κ3) is 5.76. The van der Waals surface area contributed by atoms with Crippen LogP contribution in [0.3, 0.4) is 0 Å². The molecule has 4 heteroatoms. The van der Waals surface area contributed by atoms with Crippen molar-refractivity contribution in [1.82, 2.24) is 9.55 Å². The van der Waals surface area contributed by atoms with Crippen molar-refractivity contribution in [2.75, 3.05) is 4.90 Å². The fraction of sp³-hybridized carbons (Fsp3) is 0.345. The second-order valence-electron chi connectivity index (χ2n) is 19.7. The summed E-state index contributed by atoms with van der Waals surface area (Å²) in [5.74, 6) is 1.36. The summed E-state index contributed by atoms with van der Waals surface area (Å²) in [6.07, 6.45) is 2.87. The maximum atomic E-state index is 5.97. The lowest BCUT2D eigenvalue weighted by Gasteiger charge is -2.44. The Labute approximate surface area is 352 Å². The molecular formula is C55H60N4. The number of aromatic nitrogens is 2. The molecule has 2 aromatic heterocycles. The van der Waals surface area contributed by atoms with Crippen molar-refractivity contribution >= 4 is 33.3 Å². The Balaban J connectivity index is 1.33. The number of pyridine rings is 1. The molecule has 0 radical (unpaired) electrons. The van der Waals surface area contributed by atoms with Crippen LogP contribution in [0.25, 0.3) is 38.8 Å². The van der Waals surface area contributed by atoms with Crippen molar-refractivity contribution in [3.8, 4) is 16.9 Å². The highest BCUT2D eigenvalue weighted by Crippen LogP contribution is 2.58. The smallest absolute Gasteiger partial charge is 0.137 e. The number of aryl methyl sites for hydroxylation is 4. The first-order valence-electron chi connectivity index (χ1n) is 21.6. The lowest BCUT2D eigenvalue weighted by Crippen LogP contribution is -2.52. The third-order valence-corrected chi connectivity index (χ3v) is 14.5. The summed E-state index contributed by atoms with van der Waals surface area (Å²) >= 11 is 0. The average Bonchev–Trinajstić information content (AvgIpc) is 3.72. The van der Waals surface area contributed by atoms with Gasteiger partial charge in [0.25, 0.3) is 0 Å². The standard InChI is InChI=1S/C55H60N4/c1-31(2)40-25-41(52-57-54(13)30-46-36(7)33(4)16-19-47(46)55(54,14)59(52)51-37(8)34(5)24-35(6)38(51)9)27-43(26-40)58-49-20-15-32(3)23-45(49)44-18-17-39(28-50(44)58)48-29-42(21-22-56-48)53(10,11)12/h15-29,31H,30H2,1-14H3/t54-,55+/m1/s1. The van der Waals surface area contributed by atoms with Gasteiger partial charge in [-0.25, -0.2) is 0 Å². The summed E-state index contributed by atoms with van der Waals surface area (Å²) in [4.78, 5) is 13.5. The fourth-order valence-electron chi connectivity index (χ4n) is 10.3. The molecule has 0 saturated carbocycles. The maximum absolute atomic E-state index is 5.97. The van der Waals surface area contributed by atoms with Gasteiger partial charge in [-0.15, -0.1) is 0 Å². The SMILES string of the molecule is Cc1ccc2c(c1)c1ccc(-c3cc(C(C)(C)C)ccn3)cc1n2-c1cc(C2=N[C@]3(C)Cc4c(ccc(C)c4C)[C@]3(C)N2c2c(C)c(C)cc(C)c2C)cc(C(C)C)c1. The molecule has 2 aliphatic rings. The van der Waals surface area contributed by atoms with Gasteiger partial charge in [0.1, 0.15) is 5.84 Å². The molecule has 300 valence electrons. The van der Waals surface area contributed by atoms with E-state index in [1.54, 1.807) is 0 Å². The minimum atomic E-state index is -0.395. The highest BCUT2D eigenvalue weighted by atomic mass is 15.4. The molecule has 2 atom stereocenters. The van der Waals surface area contributed by atoms with Gasteiger partial charge in [0.2, 0.25) is 0 Å². The van der Waals surface area contributed by atoms with Crippen molar-refractivity contribution in [2.24, 2.45) is 4.99 Å². The number of hydrogen-bond donors (Lipinski definition) is 0. The minimum Gasteiger partial charge on any atom is -0.313 e. The Morgan fingerprint density at radius 1 is 0.661 bits per heavy atom. The minimum absolute atomic E-state index is 0.0272. The molecule has 59 heavy (non-hydrogen) atoms. The fourth-order valence-corrected chi connectivity index (χ4v) is 10.3. The van der Waals surface area contributed by atoms with Gasteiger partial charge in [0, 0.05) is 45.9 Å². The zero-order valence-electron chi connectivity index (χ0n) is 37.7. The van der Waals surface area contributed by atoms with E-state index in [9.17, 15) is 0 Å². The van der Waals surface area contributed by atoms with E-state index in [0.29, 0.717) is 5.92 Å². The number of hydrogen-bond acceptors (Lipinski definition) is 3. The number of amidine groups is 1. The molecule has 0 bridgehead atoms. The molecule has 0 amide bonds. The number of fused-ring (bicyclic) bond motifs is 6. The summed E-state index contributed by atoms with van der Waals surface area (Å²) in [5, 5.41) is 2.51. The van der Waals surface area contributed by atoms with E-state index in [2.05, 4.69) is 191 Å². The first-order valence-corrected chi connectivity index (χ1v) is 21.6. The molecule has 0 saturated heterocycles. The number of aliphatic imine (C=N–C) groups is 1. The lowest BCUT2D eigenvalue weighted by atomic mass is 9.79. The summed E-state index contributed by atoms with van der Waals surface area (Å²) in [5.41, 5.74) is 22.1. The van der Waals surface area contributed by atoms with Gasteiger partial charge < -0.3 is 9.47 Å². The van der Waals surface area contributed by atoms with Crippen LogP contribution in [-0.2, 0) is 17.4 Å². The van der Waals surface area contributed by atoms with Gasteiger partial charge in [-0.1, -0.05) is 76.6 Å². The van der Waals surface area contributed by atoms with E-state index in [1.807, 2.05) is 6.20 Å². The molecule has 0 fully saturated rings. The lowest BCUT2D eigenvalue weighted by molar-refractivity contribution is 0.321. The van der Waals surface area contributed by atoms with Crippen molar-refractivity contribution < 1.29 is 0 Å². The zero-order valence-corrected chi connectivity index (χ0v) is 37.7. The van der Waals surface area contributed by atoms with Crippen LogP contribution in [-0.4, -0.2) is 20.9 Å². The normalized spacial score (nSPS) is 19.0. The van der Waals surface area contributed by atoms with E-state index >= 15 is 0 Å². The molecule has 0 spiro atoms. The highest BCUT2D eigenvalue weighted by Gasteiger charge is 2.62. The summed E-state index contributed by atoms with van der Waals surface area (Å²) < 4.78 is 2.50. The summed E-state index contributed by atoms with van der Waals surface area (Å²) in [6.45, 7) is 32.2. The molecule has 0 N–H and O–H groups in total. The van der Waals surface area contributed by atoms with E-state index in [4.69, 9.17) is 9.98 Å². The molecular weight excluding hydrogens is 717 g/mol. The Hall–Kier alpha value is -5.48. The van der Waals surface area contributed by atoms with Gasteiger partial charge in [-0.2, -0.15) is 0 Å². The van der Waals surface area contributed by atoms with Crippen molar-refractivity contribution in [2.45, 2.75) is 126 Å². The van der Waals surface area contributed by atoms with Gasteiger partial charge in [-0.3, -0.25) is 9.98 Å². The van der Waals surface area contributed by atoms with E-state index in [-0.39, 0.29) is 11.0 Å². The Kier molecular flexibility index (Phi) is 8.77. The molecule has 3 heterocycles. The average molecular weight is 777 g/mol. The van der Waals surface area contributed by atoms with Crippen LogP contribution in [0.1, 0.15) is 121 Å². The number of anilines is 1. The maximum Gasteiger partial charge on any atom is 0.137 e. The highest BCUT2D eigenvalue weighted by molar-refractivity contribution is 6.15. The summed E-state index contributed by atoms with van der Waals surface area (Å²) in [6, 6.07) is 32.6. The van der Waals surface area contributed by atoms with E-state index in [0.717, 1.165) is 34.8 Å². The van der Waals surface area contributed by atoms with E-state index < -0.39 is 5.54 Å². The summed E-state index contributed by atoms with van der Waals surface area (Å²) in [7, 11) is 0. The van der Waals surface area contributed by atoms with Crippen LogP contribution < -0.4 is 4.90 Å². The van der Waals surface area contributed by atoms with Gasteiger partial charge >= 0.3 is 0 Å². The predicted octanol–water partition coefficient (Wildman–Crippen LogP) is 13.9. The topological polar surface area (TPSA) is 33.4 Å². The van der Waals surface area contributed by atoms with E-state index in [1.165, 1.54) is 88.7 Å². The van der Waals surface area contributed by atoms with Gasteiger partial charge in [-0.05, 0) is 178 Å². The van der Waals surface area contributed by atoms with Crippen molar-refractivity contribution in [3.05, 3.63) is 158 Å². The predicted molar refractivity (Wildman–Crippen MR) is 251 cm³/mol. The molecule has 0 unspecified atom stereocenters. The molecule has 1 aliphatic heterocycles. The Morgan fingerprint density at radius 3 is 2.08 bits per heavy atom. The van der Waals surface area contributed by atoms with Crippen LogP contribution >= 0.6 is 0 Å². The third-order valence-electron chi connectivity index (χ3n) is 14.5. The van der Waals surface area contributed by atoms with Crippen LogP contribution in [0.5, 0.6) is 0 Å². The van der Waals surface area contributed by atoms with Crippen LogP contribution in [0.15, 0.2) is 96.1 Å². The molecule has 9 rings (SSSR count). The largest absolute Gasteiger partial charge is 0.313 e. The first-order chi connectivity index (χ1) is 27.8. The Bertz CT molecular complexity index is 2910. The van der Waals surface area contributed by atoms with Crippen LogP contribution in [0.2, 0.25) is 0 Å². The molecule has 4 nitrogen and oxygen atoms in total. The molecule has 1 aliphatic carbocycles. The molecule has 7 aromatic rings. The number of rotatable bonds is 5. The monoisotopic (exact) mass is 776 g/mol. The van der Waals surface area contributed by atoms with Crippen molar-refractivity contribution in [3.63, 3.8) is 0 Å². The first kappa shape index (κ1) is 39.0. The second kappa shape index (κ2) is 13.3. The second-order valence-corrected chi connectivity index (χ2v) is 19.7. The van der Waals surface area contributed by atoms with Crippen LogP contribution in [0.4, 0.5) is 5.69 Å². The quantitative estimate of drug-likeness (QED) is 0.174. The number of nitrogens with zero attached hydrogens (tertiary/aromatic N) is 4. The zero-order chi connectivity index (χ0) is 42.1. The number of benzene rings is 5. The van der Waals surface area contributed by atoms with Crippen LogP contribution in [0, 0.1) is 48.5 Å². The van der Waals surface area contributed by atoms with Crippen molar-refractivity contribution in [1.29, 1.82) is 0 Å².